The Balaban J connectivity index is 0.000000321. The summed E-state index contributed by atoms with van der Waals surface area (Å²) in [6.45, 7) is 2.18. The second kappa shape index (κ2) is 7.72. The van der Waals surface area contributed by atoms with Crippen molar-refractivity contribution in [3.63, 3.8) is 0 Å². The number of aromatic carboxylic acids is 1. The summed E-state index contributed by atoms with van der Waals surface area (Å²) in [6.07, 6.45) is -0.443. The first-order chi connectivity index (χ1) is 12.6. The number of aromatic nitrogens is 4. The number of imidazole rings is 1. The van der Waals surface area contributed by atoms with Gasteiger partial charge in [0.05, 0.1) is 6.54 Å². The number of carboxylic acids is 2. The Bertz CT molecular complexity index is 966. The third-order valence-electron chi connectivity index (χ3n) is 3.11. The Hall–Kier alpha value is -3.64. The lowest BCUT2D eigenvalue weighted by Gasteiger charge is -2.08. The van der Waals surface area contributed by atoms with Crippen molar-refractivity contribution in [3.05, 3.63) is 42.0 Å². The molecule has 3 aromatic rings. The van der Waals surface area contributed by atoms with Crippen LogP contribution in [0.3, 0.4) is 0 Å². The molecule has 0 atom stereocenters. The number of carboxylic acid groups (broad SMARTS) is 2. The summed E-state index contributed by atoms with van der Waals surface area (Å²) in [6, 6.07) is 1.41. The molecule has 0 radical (unpaired) electrons. The number of halogens is 3. The van der Waals surface area contributed by atoms with E-state index >= 15 is 0 Å². The first kappa shape index (κ1) is 19.7. The highest BCUT2D eigenvalue weighted by molar-refractivity contribution is 5.87. The normalized spacial score (nSPS) is 11.0. The second-order valence-corrected chi connectivity index (χ2v) is 4.94. The number of alkyl halides is 3. The average Bonchev–Trinajstić information content (AvgIpc) is 3.20. The molecule has 3 rings (SSSR count). The summed E-state index contributed by atoms with van der Waals surface area (Å²) in [4.78, 5) is 32.1. The number of anilines is 1. The molecule has 10 nitrogen and oxygen atoms in total. The van der Waals surface area contributed by atoms with E-state index in [9.17, 15) is 18.0 Å². The standard InChI is InChI=1S/C12H11N5O3.C2HF3O2/c1-7-9(15-6-20-7)5-14-12-16-8(11(18)19)4-10-13-2-3-17(10)12;3-2(4,5)1(6)7/h2-4,6H,5H2,1H3,(H,14,16)(H,18,19);(H,6,7). The molecule has 0 aliphatic rings. The van der Waals surface area contributed by atoms with Crippen LogP contribution in [0.2, 0.25) is 0 Å². The zero-order valence-electron chi connectivity index (χ0n) is 13.6. The van der Waals surface area contributed by atoms with Crippen molar-refractivity contribution in [2.24, 2.45) is 0 Å². The fourth-order valence-electron chi connectivity index (χ4n) is 1.82. The Morgan fingerprint density at radius 2 is 1.96 bits per heavy atom. The molecule has 0 amide bonds. The third-order valence-corrected chi connectivity index (χ3v) is 3.11. The van der Waals surface area contributed by atoms with Gasteiger partial charge in [0.2, 0.25) is 5.95 Å². The fraction of sp³-hybridized carbons (Fsp3) is 0.214. The summed E-state index contributed by atoms with van der Waals surface area (Å²) < 4.78 is 38.5. The maximum Gasteiger partial charge on any atom is 0.490 e. The van der Waals surface area contributed by atoms with Gasteiger partial charge in [-0.15, -0.1) is 0 Å². The Morgan fingerprint density at radius 1 is 1.30 bits per heavy atom. The van der Waals surface area contributed by atoms with Crippen LogP contribution in [-0.2, 0) is 11.3 Å². The van der Waals surface area contributed by atoms with Gasteiger partial charge in [0, 0.05) is 18.5 Å². The van der Waals surface area contributed by atoms with Gasteiger partial charge in [-0.1, -0.05) is 0 Å². The first-order valence-corrected chi connectivity index (χ1v) is 7.10. The number of hydrogen-bond donors (Lipinski definition) is 3. The van der Waals surface area contributed by atoms with E-state index < -0.39 is 18.1 Å². The SMILES string of the molecule is Cc1ocnc1CNc1nc(C(=O)O)cc2nccn12.O=C(O)C(F)(F)F. The maximum atomic E-state index is 11.1. The Kier molecular flexibility index (Phi) is 5.63. The minimum absolute atomic E-state index is 0.0666. The number of nitrogens with zero attached hydrogens (tertiary/aromatic N) is 4. The van der Waals surface area contributed by atoms with Crippen LogP contribution >= 0.6 is 0 Å². The summed E-state index contributed by atoms with van der Waals surface area (Å²) >= 11 is 0. The average molecular weight is 387 g/mol. The van der Waals surface area contributed by atoms with Crippen LogP contribution in [0.15, 0.2) is 29.3 Å². The summed E-state index contributed by atoms with van der Waals surface area (Å²) in [5, 5.41) is 19.2. The van der Waals surface area contributed by atoms with Crippen LogP contribution in [-0.4, -0.2) is 47.7 Å². The molecule has 0 bridgehead atoms. The van der Waals surface area contributed by atoms with E-state index in [4.69, 9.17) is 19.4 Å². The number of carbonyl (C=O) groups is 2. The number of hydrogen-bond acceptors (Lipinski definition) is 7. The van der Waals surface area contributed by atoms with Crippen LogP contribution in [0.1, 0.15) is 21.9 Å². The Labute approximate surface area is 148 Å². The summed E-state index contributed by atoms with van der Waals surface area (Å²) in [7, 11) is 0. The molecule has 3 heterocycles. The highest BCUT2D eigenvalue weighted by atomic mass is 19.4. The van der Waals surface area contributed by atoms with E-state index in [1.807, 2.05) is 0 Å². The van der Waals surface area contributed by atoms with Crippen molar-refractivity contribution in [2.75, 3.05) is 5.32 Å². The van der Waals surface area contributed by atoms with Crippen LogP contribution in [0.25, 0.3) is 5.65 Å². The number of aryl methyl sites for hydroxylation is 1. The number of rotatable bonds is 4. The van der Waals surface area contributed by atoms with Gasteiger partial charge < -0.3 is 19.9 Å². The number of fused-ring (bicyclic) bond motifs is 1. The topological polar surface area (TPSA) is 143 Å². The monoisotopic (exact) mass is 387 g/mol. The van der Waals surface area contributed by atoms with E-state index in [0.29, 0.717) is 23.9 Å². The predicted octanol–water partition coefficient (Wildman–Crippen LogP) is 1.97. The second-order valence-electron chi connectivity index (χ2n) is 4.94. The molecule has 0 fully saturated rings. The third kappa shape index (κ3) is 4.93. The van der Waals surface area contributed by atoms with E-state index in [2.05, 4.69) is 20.3 Å². The lowest BCUT2D eigenvalue weighted by atomic mass is 10.3. The summed E-state index contributed by atoms with van der Waals surface area (Å²) in [5.74, 6) is -2.77. The van der Waals surface area contributed by atoms with Crippen LogP contribution in [0.4, 0.5) is 19.1 Å². The number of aliphatic carboxylic acids is 1. The molecule has 144 valence electrons. The number of nitrogens with one attached hydrogen (secondary N) is 1. The number of oxazole rings is 1. The maximum absolute atomic E-state index is 11.1. The molecule has 0 aliphatic heterocycles. The summed E-state index contributed by atoms with van der Waals surface area (Å²) in [5.41, 5.74) is 1.18. The van der Waals surface area contributed by atoms with Gasteiger partial charge in [-0.2, -0.15) is 13.2 Å². The molecule has 0 unspecified atom stereocenters. The molecule has 0 aromatic carbocycles. The lowest BCUT2D eigenvalue weighted by molar-refractivity contribution is -0.192. The quantitative estimate of drug-likeness (QED) is 0.612. The zero-order valence-corrected chi connectivity index (χ0v) is 13.6. The smallest absolute Gasteiger partial charge is 0.477 e. The molecular weight excluding hydrogens is 375 g/mol. The molecule has 0 aliphatic carbocycles. The van der Waals surface area contributed by atoms with Crippen molar-refractivity contribution < 1.29 is 37.4 Å². The molecule has 3 aromatic heterocycles. The van der Waals surface area contributed by atoms with Crippen LogP contribution in [0.5, 0.6) is 0 Å². The highest BCUT2D eigenvalue weighted by Crippen LogP contribution is 2.14. The van der Waals surface area contributed by atoms with E-state index in [1.54, 1.807) is 23.7 Å². The minimum Gasteiger partial charge on any atom is -0.477 e. The van der Waals surface area contributed by atoms with Crippen LogP contribution < -0.4 is 5.32 Å². The van der Waals surface area contributed by atoms with Gasteiger partial charge >= 0.3 is 18.1 Å². The molecular formula is C14H12F3N5O5. The molecule has 0 saturated heterocycles. The first-order valence-electron chi connectivity index (χ1n) is 7.10. The zero-order chi connectivity index (χ0) is 20.2. The van der Waals surface area contributed by atoms with Crippen molar-refractivity contribution in [1.29, 1.82) is 0 Å². The van der Waals surface area contributed by atoms with Crippen molar-refractivity contribution >= 4 is 23.5 Å². The molecule has 3 N–H and O–H groups in total. The fourth-order valence-corrected chi connectivity index (χ4v) is 1.82. The van der Waals surface area contributed by atoms with Crippen molar-refractivity contribution in [2.45, 2.75) is 19.6 Å². The minimum atomic E-state index is -5.08. The van der Waals surface area contributed by atoms with Crippen molar-refractivity contribution in [1.82, 2.24) is 19.4 Å². The van der Waals surface area contributed by atoms with E-state index in [1.165, 1.54) is 12.5 Å². The van der Waals surface area contributed by atoms with Crippen molar-refractivity contribution in [3.8, 4) is 0 Å². The molecule has 27 heavy (non-hydrogen) atoms. The van der Waals surface area contributed by atoms with E-state index in [0.717, 1.165) is 5.69 Å². The predicted molar refractivity (Wildman–Crippen MR) is 82.2 cm³/mol. The molecule has 0 saturated carbocycles. The lowest BCUT2D eigenvalue weighted by Crippen LogP contribution is -2.21. The van der Waals surface area contributed by atoms with Crippen LogP contribution in [0, 0.1) is 6.92 Å². The molecule has 0 spiro atoms. The van der Waals surface area contributed by atoms with Gasteiger partial charge in [0.1, 0.15) is 17.1 Å². The highest BCUT2D eigenvalue weighted by Gasteiger charge is 2.38. The Morgan fingerprint density at radius 3 is 2.48 bits per heavy atom. The van der Waals surface area contributed by atoms with E-state index in [-0.39, 0.29) is 5.69 Å². The largest absolute Gasteiger partial charge is 0.490 e. The molecule has 13 heteroatoms. The van der Waals surface area contributed by atoms with Gasteiger partial charge in [-0.05, 0) is 6.92 Å². The van der Waals surface area contributed by atoms with Gasteiger partial charge in [0.15, 0.2) is 12.1 Å². The van der Waals surface area contributed by atoms with Gasteiger partial charge in [-0.25, -0.2) is 24.5 Å². The van der Waals surface area contributed by atoms with Gasteiger partial charge in [0.25, 0.3) is 0 Å². The van der Waals surface area contributed by atoms with Gasteiger partial charge in [-0.3, -0.25) is 4.40 Å².